The summed E-state index contributed by atoms with van der Waals surface area (Å²) in [4.78, 5) is 10.2. The molecule has 0 fully saturated rings. The van der Waals surface area contributed by atoms with Crippen molar-refractivity contribution in [2.24, 2.45) is 0 Å². The first-order chi connectivity index (χ1) is 6.75. The molecule has 0 amide bonds. The molecule has 0 spiro atoms. The van der Waals surface area contributed by atoms with E-state index in [1.165, 1.54) is 6.07 Å². The Morgan fingerprint density at radius 2 is 2.21 bits per heavy atom. The van der Waals surface area contributed by atoms with Gasteiger partial charge in [0.15, 0.2) is 0 Å². The number of nitro benzene ring substituents is 1. The second-order valence-electron chi connectivity index (χ2n) is 2.78. The van der Waals surface area contributed by atoms with Gasteiger partial charge < -0.3 is 5.32 Å². The lowest BCUT2D eigenvalue weighted by molar-refractivity contribution is -0.384. The highest BCUT2D eigenvalue weighted by Gasteiger charge is 2.10. The molecule has 0 aliphatic rings. The lowest BCUT2D eigenvalue weighted by Crippen LogP contribution is -2.02. The third-order valence-electron chi connectivity index (χ3n) is 1.76. The van der Waals surface area contributed by atoms with Crippen molar-refractivity contribution >= 4 is 11.4 Å². The molecule has 74 valence electrons. The topological polar surface area (TPSA) is 55.2 Å². The van der Waals surface area contributed by atoms with Crippen molar-refractivity contribution in [3.8, 4) is 0 Å². The van der Waals surface area contributed by atoms with Gasteiger partial charge in [-0.15, -0.1) is 6.58 Å². The SMILES string of the molecule is C=CCCNc1ccccc1[N+](=O)[O-]. The molecule has 4 heteroatoms. The van der Waals surface area contributed by atoms with E-state index in [1.807, 2.05) is 0 Å². The molecule has 0 radical (unpaired) electrons. The molecule has 1 rings (SSSR count). The fourth-order valence-corrected chi connectivity index (χ4v) is 1.09. The Morgan fingerprint density at radius 1 is 1.50 bits per heavy atom. The van der Waals surface area contributed by atoms with Gasteiger partial charge in [-0.25, -0.2) is 0 Å². The van der Waals surface area contributed by atoms with E-state index in [-0.39, 0.29) is 5.69 Å². The Hall–Kier alpha value is -1.84. The minimum Gasteiger partial charge on any atom is -0.379 e. The maximum Gasteiger partial charge on any atom is 0.292 e. The largest absolute Gasteiger partial charge is 0.379 e. The highest BCUT2D eigenvalue weighted by atomic mass is 16.6. The molecule has 0 saturated heterocycles. The summed E-state index contributed by atoms with van der Waals surface area (Å²) < 4.78 is 0. The maximum absolute atomic E-state index is 10.6. The van der Waals surface area contributed by atoms with Crippen LogP contribution in [-0.2, 0) is 0 Å². The van der Waals surface area contributed by atoms with E-state index in [4.69, 9.17) is 0 Å². The van der Waals surface area contributed by atoms with Crippen LogP contribution in [0.25, 0.3) is 0 Å². The van der Waals surface area contributed by atoms with E-state index >= 15 is 0 Å². The Labute approximate surface area is 82.4 Å². The molecular formula is C10H12N2O2. The minimum atomic E-state index is -0.393. The Balaban J connectivity index is 2.74. The quantitative estimate of drug-likeness (QED) is 0.337. The van der Waals surface area contributed by atoms with Crippen molar-refractivity contribution < 1.29 is 4.92 Å². The van der Waals surface area contributed by atoms with E-state index in [9.17, 15) is 10.1 Å². The Kier molecular flexibility index (Phi) is 3.67. The van der Waals surface area contributed by atoms with E-state index in [0.717, 1.165) is 6.42 Å². The van der Waals surface area contributed by atoms with Crippen molar-refractivity contribution in [2.45, 2.75) is 6.42 Å². The van der Waals surface area contributed by atoms with Gasteiger partial charge in [0.05, 0.1) is 4.92 Å². The van der Waals surface area contributed by atoms with Gasteiger partial charge in [-0.2, -0.15) is 0 Å². The van der Waals surface area contributed by atoms with Crippen LogP contribution in [0, 0.1) is 10.1 Å². The second kappa shape index (κ2) is 5.01. The molecule has 0 saturated carbocycles. The molecule has 0 atom stereocenters. The van der Waals surface area contributed by atoms with Crippen molar-refractivity contribution in [1.82, 2.24) is 0 Å². The van der Waals surface area contributed by atoms with Crippen molar-refractivity contribution in [3.05, 3.63) is 47.0 Å². The molecule has 0 bridgehead atoms. The van der Waals surface area contributed by atoms with Gasteiger partial charge in [0, 0.05) is 12.6 Å². The summed E-state index contributed by atoms with van der Waals surface area (Å²) in [5.74, 6) is 0. The normalized spacial score (nSPS) is 9.43. The second-order valence-corrected chi connectivity index (χ2v) is 2.78. The lowest BCUT2D eigenvalue weighted by atomic mass is 10.2. The van der Waals surface area contributed by atoms with Crippen molar-refractivity contribution in [3.63, 3.8) is 0 Å². The summed E-state index contributed by atoms with van der Waals surface area (Å²) in [6.07, 6.45) is 2.55. The smallest absolute Gasteiger partial charge is 0.292 e. The third kappa shape index (κ3) is 2.58. The molecule has 1 N–H and O–H groups in total. The first-order valence-corrected chi connectivity index (χ1v) is 4.34. The predicted molar refractivity (Wildman–Crippen MR) is 56.4 cm³/mol. The molecule has 1 aromatic rings. The molecule has 14 heavy (non-hydrogen) atoms. The monoisotopic (exact) mass is 192 g/mol. The first kappa shape index (κ1) is 10.2. The summed E-state index contributed by atoms with van der Waals surface area (Å²) in [5, 5.41) is 13.6. The van der Waals surface area contributed by atoms with Crippen LogP contribution in [0.4, 0.5) is 11.4 Å². The van der Waals surface area contributed by atoms with Gasteiger partial charge in [0.2, 0.25) is 0 Å². The van der Waals surface area contributed by atoms with Gasteiger partial charge in [-0.1, -0.05) is 18.2 Å². The summed E-state index contributed by atoms with van der Waals surface area (Å²) in [7, 11) is 0. The van der Waals surface area contributed by atoms with Gasteiger partial charge in [0.1, 0.15) is 5.69 Å². The molecule has 0 unspecified atom stereocenters. The van der Waals surface area contributed by atoms with E-state index in [1.54, 1.807) is 24.3 Å². The van der Waals surface area contributed by atoms with Crippen molar-refractivity contribution in [1.29, 1.82) is 0 Å². The van der Waals surface area contributed by atoms with E-state index in [0.29, 0.717) is 12.2 Å². The molecule has 0 aromatic heterocycles. The van der Waals surface area contributed by atoms with Crippen LogP contribution in [0.3, 0.4) is 0 Å². The predicted octanol–water partition coefficient (Wildman–Crippen LogP) is 2.58. The van der Waals surface area contributed by atoms with Crippen LogP contribution in [0.2, 0.25) is 0 Å². The van der Waals surface area contributed by atoms with Crippen LogP contribution < -0.4 is 5.32 Å². The van der Waals surface area contributed by atoms with Crippen LogP contribution in [0.5, 0.6) is 0 Å². The average molecular weight is 192 g/mol. The molecule has 4 nitrogen and oxygen atoms in total. The zero-order valence-electron chi connectivity index (χ0n) is 7.77. The number of benzene rings is 1. The number of nitrogens with zero attached hydrogens (tertiary/aromatic N) is 1. The lowest BCUT2D eigenvalue weighted by Gasteiger charge is -2.04. The average Bonchev–Trinajstić information content (AvgIpc) is 2.19. The summed E-state index contributed by atoms with van der Waals surface area (Å²) in [6, 6.07) is 6.59. The number of rotatable bonds is 5. The first-order valence-electron chi connectivity index (χ1n) is 4.34. The zero-order chi connectivity index (χ0) is 10.4. The van der Waals surface area contributed by atoms with Gasteiger partial charge in [-0.05, 0) is 12.5 Å². The summed E-state index contributed by atoms with van der Waals surface area (Å²) in [6.45, 7) is 4.24. The maximum atomic E-state index is 10.6. The summed E-state index contributed by atoms with van der Waals surface area (Å²) in [5.41, 5.74) is 0.663. The number of nitrogens with one attached hydrogen (secondary N) is 1. The fraction of sp³-hybridized carbons (Fsp3) is 0.200. The number of hydrogen-bond acceptors (Lipinski definition) is 3. The highest BCUT2D eigenvalue weighted by molar-refractivity contribution is 5.60. The van der Waals surface area contributed by atoms with Crippen LogP contribution in [-0.4, -0.2) is 11.5 Å². The fourth-order valence-electron chi connectivity index (χ4n) is 1.09. The number of hydrogen-bond donors (Lipinski definition) is 1. The van der Waals surface area contributed by atoms with E-state index in [2.05, 4.69) is 11.9 Å². The standard InChI is InChI=1S/C10H12N2O2/c1-2-3-8-11-9-6-4-5-7-10(9)12(13)14/h2,4-7,11H,1,3,8H2. The minimum absolute atomic E-state index is 0.108. The Bertz CT molecular complexity index is 337. The number of para-hydroxylation sites is 2. The van der Waals surface area contributed by atoms with Crippen molar-refractivity contribution in [2.75, 3.05) is 11.9 Å². The number of nitro groups is 1. The Morgan fingerprint density at radius 3 is 2.86 bits per heavy atom. The zero-order valence-corrected chi connectivity index (χ0v) is 7.77. The molecule has 0 heterocycles. The van der Waals surface area contributed by atoms with E-state index < -0.39 is 4.92 Å². The van der Waals surface area contributed by atoms with Crippen LogP contribution in [0.1, 0.15) is 6.42 Å². The van der Waals surface area contributed by atoms with Gasteiger partial charge in [-0.3, -0.25) is 10.1 Å². The molecule has 0 aliphatic carbocycles. The number of anilines is 1. The summed E-state index contributed by atoms with van der Waals surface area (Å²) >= 11 is 0. The van der Waals surface area contributed by atoms with Gasteiger partial charge >= 0.3 is 0 Å². The van der Waals surface area contributed by atoms with Gasteiger partial charge in [0.25, 0.3) is 5.69 Å². The van der Waals surface area contributed by atoms with Crippen LogP contribution in [0.15, 0.2) is 36.9 Å². The highest BCUT2D eigenvalue weighted by Crippen LogP contribution is 2.22. The van der Waals surface area contributed by atoms with Crippen LogP contribution >= 0.6 is 0 Å². The third-order valence-corrected chi connectivity index (χ3v) is 1.76. The molecule has 0 aliphatic heterocycles. The molecule has 1 aromatic carbocycles. The molecular weight excluding hydrogens is 180 g/mol.